The molecule has 0 aromatic heterocycles. The molecule has 15 N–H and O–H groups in total. The molecule has 5 heterocycles. The minimum atomic E-state index is -6.06. The molecule has 666 valence electrons. The van der Waals surface area contributed by atoms with Crippen LogP contribution < -0.4 is 15.1 Å². The maximum Gasteiger partial charge on any atom is 0.276 e. The van der Waals surface area contributed by atoms with E-state index in [-0.39, 0.29) is 0 Å². The van der Waals surface area contributed by atoms with E-state index < -0.39 is 208 Å². The predicted molar refractivity (Wildman–Crippen MR) is 424 cm³/mol. The molecule has 5 aliphatic heterocycles. The van der Waals surface area contributed by atoms with E-state index in [4.69, 9.17) is 51.7 Å². The molecule has 5 aliphatic rings. The zero-order valence-corrected chi connectivity index (χ0v) is 71.4. The predicted octanol–water partition coefficient (Wildman–Crippen LogP) is 5.75. The van der Waals surface area contributed by atoms with E-state index in [0.717, 1.165) is 115 Å². The first kappa shape index (κ1) is 103. The molecule has 0 spiro atoms. The van der Waals surface area contributed by atoms with Gasteiger partial charge in [0.05, 0.1) is 39.1 Å². The van der Waals surface area contributed by atoms with Crippen LogP contribution in [-0.2, 0) is 69.9 Å². The van der Waals surface area contributed by atoms with E-state index in [1.54, 1.807) is 6.92 Å². The summed E-state index contributed by atoms with van der Waals surface area (Å²) in [6, 6.07) is -1.95. The van der Waals surface area contributed by atoms with Crippen LogP contribution in [-0.4, -0.2) is 264 Å². The van der Waals surface area contributed by atoms with Crippen molar-refractivity contribution in [2.24, 2.45) is 0 Å². The SMILES string of the molecule is CC(=O)N[C@H]1[C@H](OP(=O)([O-])OP(=O)([O-])OC/C=C(/C)CC/C=C(/C)CC/C=C(/C)CC/C=C(/C)CC/C=C(/C)CC/C=C(/C)CC/C=C(/C)CC/C=C(/C)CC/C=C(\C)CCC=C(C)C)O[C@H](CO)[C@@H](O[C@@H]2O[C@@H](C)[C@H](O[C@@H]3OC([C@@H](CO)O[C@@H]4OC([C@H](O)CO[C@@H]5OC([C@H](O)CO)[C@H](O)[C@H]5O)[C@H](O)[C@H]4O)[C@H](O)[C@H]3O)[C@@H](O)[C@H]2O)[C@@H]1O. The van der Waals surface area contributed by atoms with Crippen molar-refractivity contribution >= 4 is 21.6 Å². The van der Waals surface area contributed by atoms with Crippen molar-refractivity contribution in [3.05, 3.63) is 116 Å². The Hall–Kier alpha value is -3.79. The lowest BCUT2D eigenvalue weighted by Crippen LogP contribution is -2.67. The lowest BCUT2D eigenvalue weighted by molar-refractivity contribution is -0.356. The Morgan fingerprint density at radius 2 is 0.793 bits per heavy atom. The number of nitrogens with one attached hydrogen (secondary N) is 1. The molecule has 0 radical (unpaired) electrons. The van der Waals surface area contributed by atoms with Gasteiger partial charge in [-0.15, -0.1) is 0 Å². The number of phosphoric acid groups is 2. The molecule has 5 rings (SSSR count). The average Bonchev–Trinajstić information content (AvgIpc) is 1.19. The Morgan fingerprint density at radius 3 is 1.22 bits per heavy atom. The number of allylic oxidation sites excluding steroid dienone is 19. The van der Waals surface area contributed by atoms with Crippen LogP contribution in [0.2, 0.25) is 0 Å². The Morgan fingerprint density at radius 1 is 0.422 bits per heavy atom. The van der Waals surface area contributed by atoms with Crippen molar-refractivity contribution in [2.45, 2.75) is 359 Å². The van der Waals surface area contributed by atoms with Gasteiger partial charge in [0, 0.05) is 6.92 Å². The van der Waals surface area contributed by atoms with Crippen LogP contribution in [0, 0.1) is 0 Å². The number of hydrogen-bond acceptors (Lipinski definition) is 31. The van der Waals surface area contributed by atoms with Gasteiger partial charge in [-0.2, -0.15) is 0 Å². The molecule has 0 aromatic rings. The minimum Gasteiger partial charge on any atom is -0.756 e. The Labute approximate surface area is 683 Å². The highest BCUT2D eigenvalue weighted by Crippen LogP contribution is 2.57. The van der Waals surface area contributed by atoms with Crippen molar-refractivity contribution in [3.8, 4) is 0 Å². The second-order valence-corrected chi connectivity index (χ2v) is 34.6. The molecule has 5 fully saturated rings. The summed E-state index contributed by atoms with van der Waals surface area (Å²) < 4.78 is 90.5. The average molecular weight is 1690 g/mol. The topological polar surface area (TPSA) is 503 Å². The molecule has 34 heteroatoms. The Balaban J connectivity index is 0.990. The van der Waals surface area contributed by atoms with Crippen molar-refractivity contribution in [3.63, 3.8) is 0 Å². The summed E-state index contributed by atoms with van der Waals surface area (Å²) in [6.07, 6.45) is -3.51. The summed E-state index contributed by atoms with van der Waals surface area (Å²) in [5.41, 5.74) is 13.3. The summed E-state index contributed by atoms with van der Waals surface area (Å²) in [5.74, 6) is -0.917. The normalized spacial score (nSPS) is 33.0. The second kappa shape index (κ2) is 51.3. The molecule has 32 nitrogen and oxygen atoms in total. The van der Waals surface area contributed by atoms with E-state index >= 15 is 0 Å². The minimum absolute atomic E-state index is 0.526. The van der Waals surface area contributed by atoms with Gasteiger partial charge < -0.3 is 134 Å². The Bertz CT molecular complexity index is 3410. The summed E-state index contributed by atoms with van der Waals surface area (Å²) in [6.45, 7) is 21.6. The molecule has 0 saturated carbocycles. The van der Waals surface area contributed by atoms with Crippen LogP contribution in [0.4, 0.5) is 0 Å². The van der Waals surface area contributed by atoms with Crippen molar-refractivity contribution in [1.29, 1.82) is 0 Å². The number of aliphatic hydroxyl groups is 14. The molecule has 5 unspecified atom stereocenters. The van der Waals surface area contributed by atoms with Gasteiger partial charge in [0.2, 0.25) is 5.91 Å². The molecular formula is C82H135NO31P2-2. The van der Waals surface area contributed by atoms with Crippen molar-refractivity contribution in [1.82, 2.24) is 5.32 Å². The fourth-order valence-electron chi connectivity index (χ4n) is 13.9. The molecule has 27 atom stereocenters. The molecular weight excluding hydrogens is 1560 g/mol. The van der Waals surface area contributed by atoms with Gasteiger partial charge in [0.1, 0.15) is 116 Å². The fraction of sp³-hybridized carbons (Fsp3) is 0.744. The van der Waals surface area contributed by atoms with Crippen LogP contribution >= 0.6 is 15.6 Å². The third-order valence-electron chi connectivity index (χ3n) is 21.0. The van der Waals surface area contributed by atoms with Crippen LogP contribution in [0.15, 0.2) is 116 Å². The third-order valence-corrected chi connectivity index (χ3v) is 23.6. The highest BCUT2D eigenvalue weighted by Gasteiger charge is 2.57. The van der Waals surface area contributed by atoms with E-state index in [0.29, 0.717) is 12.8 Å². The van der Waals surface area contributed by atoms with Gasteiger partial charge in [0.25, 0.3) is 15.6 Å². The zero-order chi connectivity index (χ0) is 86.3. The van der Waals surface area contributed by atoms with Gasteiger partial charge in [-0.1, -0.05) is 116 Å². The van der Waals surface area contributed by atoms with E-state index in [1.807, 2.05) is 6.92 Å². The molecule has 5 saturated heterocycles. The second-order valence-electron chi connectivity index (χ2n) is 31.7. The van der Waals surface area contributed by atoms with Gasteiger partial charge in [-0.3, -0.25) is 18.4 Å². The monoisotopic (exact) mass is 1690 g/mol. The first-order valence-corrected chi connectivity index (χ1v) is 43.3. The van der Waals surface area contributed by atoms with Crippen LogP contribution in [0.1, 0.15) is 206 Å². The highest BCUT2D eigenvalue weighted by molar-refractivity contribution is 7.59. The number of hydrogen-bond donors (Lipinski definition) is 15. The first-order chi connectivity index (χ1) is 54.7. The number of phosphoric ester groups is 2. The van der Waals surface area contributed by atoms with Gasteiger partial charge in [0.15, 0.2) is 31.5 Å². The van der Waals surface area contributed by atoms with Crippen LogP contribution in [0.3, 0.4) is 0 Å². The first-order valence-electron chi connectivity index (χ1n) is 40.3. The third kappa shape index (κ3) is 34.5. The molecule has 1 amide bonds. The van der Waals surface area contributed by atoms with Gasteiger partial charge >= 0.3 is 0 Å². The smallest absolute Gasteiger partial charge is 0.276 e. The maximum atomic E-state index is 13.2. The summed E-state index contributed by atoms with van der Waals surface area (Å²) in [7, 11) is -11.8. The molecule has 0 aliphatic carbocycles. The highest BCUT2D eigenvalue weighted by atomic mass is 31.3. The molecule has 116 heavy (non-hydrogen) atoms. The maximum absolute atomic E-state index is 13.2. The standard InChI is InChI=1S/C82H137NO31P2/c1-47(2)23-14-24-48(3)25-15-26-49(4)27-16-28-50(5)29-17-30-51(6)31-18-32-52(7)33-19-34-53(8)35-20-36-54(9)37-21-38-55(10)39-22-40-56(11)41-42-104-115(99,100)114-116(101,102)113-78-63(83-58(13)87)64(90)76(61(44-85)106-78)111-80-70(96)65(91)73(57(12)105-80)108-82-72(98)68(94)77(112-82)62(45-86)107-81-71(97)67(93)75(110-81)60(89)46-103-79-69(95)66(92)74(109-79)59(88)43-84/h23,25,27,29,31,33,35,37,39,41,57,59-82,84-86,88-98H,14-22,24,26,28,30,32,34,36,38,40,42-46H2,1-13H3,(H,83,87)(H,99,100)(H,101,102)/p-2/b48-25+,49-27-,50-29-,51-31-,52-33-,53-35-,54-37-,55-39-,56-41-/t57-,59+,60+,61+,62+,63+,64+,65-,66+,67+,68+,69+,70+,71+,72+,73-,74?,75?,76+,77?,78-,79+,80-,81+,82+/m0/s1. The number of rotatable bonds is 50. The fourth-order valence-corrected chi connectivity index (χ4v) is 15.9. The van der Waals surface area contributed by atoms with Crippen molar-refractivity contribution < 1.29 is 151 Å². The lowest BCUT2D eigenvalue weighted by Gasteiger charge is -2.48. The van der Waals surface area contributed by atoms with Crippen LogP contribution in [0.25, 0.3) is 0 Å². The van der Waals surface area contributed by atoms with Crippen molar-refractivity contribution in [2.75, 3.05) is 33.0 Å². The van der Waals surface area contributed by atoms with Gasteiger partial charge in [-0.05, 0) is 199 Å². The van der Waals surface area contributed by atoms with E-state index in [1.165, 1.54) is 63.2 Å². The van der Waals surface area contributed by atoms with E-state index in [9.17, 15) is 95.2 Å². The molecule has 0 aromatic carbocycles. The van der Waals surface area contributed by atoms with Crippen LogP contribution in [0.5, 0.6) is 0 Å². The number of carbonyl (C=O) groups excluding carboxylic acids is 1. The molecule has 0 bridgehead atoms. The largest absolute Gasteiger partial charge is 0.756 e. The van der Waals surface area contributed by atoms with Gasteiger partial charge in [-0.25, -0.2) is 4.31 Å². The summed E-state index contributed by atoms with van der Waals surface area (Å²) in [5, 5.41) is 151. The summed E-state index contributed by atoms with van der Waals surface area (Å²) >= 11 is 0. The Kier molecular flexibility index (Phi) is 45.5. The quantitative estimate of drug-likeness (QED) is 0.0255. The van der Waals surface area contributed by atoms with E-state index in [2.05, 4.69) is 127 Å². The number of amides is 1. The number of ether oxygens (including phenoxy) is 9. The zero-order valence-electron chi connectivity index (χ0n) is 69.6. The lowest BCUT2D eigenvalue weighted by atomic mass is 9.95. The number of carbonyl (C=O) groups is 1. The summed E-state index contributed by atoms with van der Waals surface area (Å²) in [4.78, 5) is 38.5. The number of aliphatic hydroxyl groups excluding tert-OH is 14.